The van der Waals surface area contributed by atoms with Gasteiger partial charge >= 0.3 is 0 Å². The molecular formula is C19H26N2S2. The number of hydrogen-bond donors (Lipinski definition) is 0. The lowest BCUT2D eigenvalue weighted by Crippen LogP contribution is -2.46. The van der Waals surface area contributed by atoms with Crippen LogP contribution in [0.2, 0.25) is 0 Å². The predicted molar refractivity (Wildman–Crippen MR) is 100 cm³/mol. The Morgan fingerprint density at radius 2 is 1.57 bits per heavy atom. The van der Waals surface area contributed by atoms with Crippen molar-refractivity contribution in [1.82, 2.24) is 9.80 Å². The standard InChI is InChI=1S/C19H26N2S2/c1-2-18(23-12-1)15-21-10-6-19(7-11-21)4-8-20(9-5-19)14-17-3-13-22-16-17/h1-3,12-13,16H,4-11,14-15H2. The average molecular weight is 347 g/mol. The molecule has 0 aromatic carbocycles. The normalized spacial score (nSPS) is 22.6. The van der Waals surface area contributed by atoms with E-state index in [4.69, 9.17) is 0 Å². The van der Waals surface area contributed by atoms with Crippen LogP contribution in [0.15, 0.2) is 34.3 Å². The summed E-state index contributed by atoms with van der Waals surface area (Å²) >= 11 is 3.72. The smallest absolute Gasteiger partial charge is 0.0327 e. The van der Waals surface area contributed by atoms with E-state index in [-0.39, 0.29) is 0 Å². The zero-order valence-electron chi connectivity index (χ0n) is 13.7. The molecule has 4 rings (SSSR count). The highest BCUT2D eigenvalue weighted by molar-refractivity contribution is 7.09. The fraction of sp³-hybridized carbons (Fsp3) is 0.579. The summed E-state index contributed by atoms with van der Waals surface area (Å²) in [7, 11) is 0. The summed E-state index contributed by atoms with van der Waals surface area (Å²) in [4.78, 5) is 6.84. The van der Waals surface area contributed by atoms with Crippen LogP contribution in [0, 0.1) is 5.41 Å². The maximum absolute atomic E-state index is 2.66. The summed E-state index contributed by atoms with van der Waals surface area (Å²) in [5, 5.41) is 6.70. The molecule has 0 amide bonds. The monoisotopic (exact) mass is 346 g/mol. The molecule has 2 nitrogen and oxygen atoms in total. The molecule has 0 atom stereocenters. The van der Waals surface area contributed by atoms with Gasteiger partial charge in [0.2, 0.25) is 0 Å². The molecule has 0 saturated carbocycles. The summed E-state index contributed by atoms with van der Waals surface area (Å²) in [5.74, 6) is 0. The Morgan fingerprint density at radius 1 is 0.870 bits per heavy atom. The number of piperidine rings is 2. The lowest BCUT2D eigenvalue weighted by Gasteiger charge is -2.47. The molecule has 1 spiro atoms. The van der Waals surface area contributed by atoms with Crippen molar-refractivity contribution in [3.8, 4) is 0 Å². The Hall–Kier alpha value is -0.680. The van der Waals surface area contributed by atoms with E-state index in [0.717, 1.165) is 13.1 Å². The van der Waals surface area contributed by atoms with E-state index < -0.39 is 0 Å². The zero-order valence-corrected chi connectivity index (χ0v) is 15.4. The second-order valence-corrected chi connectivity index (χ2v) is 9.08. The number of rotatable bonds is 4. The van der Waals surface area contributed by atoms with Gasteiger partial charge in [0.25, 0.3) is 0 Å². The van der Waals surface area contributed by atoms with Gasteiger partial charge < -0.3 is 0 Å². The van der Waals surface area contributed by atoms with Crippen molar-refractivity contribution >= 4 is 22.7 Å². The van der Waals surface area contributed by atoms with Crippen molar-refractivity contribution in [2.45, 2.75) is 38.8 Å². The number of nitrogens with zero attached hydrogens (tertiary/aromatic N) is 2. The summed E-state index contributed by atoms with van der Waals surface area (Å²) in [6.45, 7) is 7.49. The maximum Gasteiger partial charge on any atom is 0.0327 e. The van der Waals surface area contributed by atoms with Gasteiger partial charge in [-0.2, -0.15) is 11.3 Å². The lowest BCUT2D eigenvalue weighted by atomic mass is 9.71. The fourth-order valence-electron chi connectivity index (χ4n) is 4.13. The number of thiophene rings is 2. The van der Waals surface area contributed by atoms with Crippen LogP contribution in [-0.4, -0.2) is 36.0 Å². The third-order valence-electron chi connectivity index (χ3n) is 5.78. The van der Waals surface area contributed by atoms with Crippen molar-refractivity contribution in [2.24, 2.45) is 5.41 Å². The molecule has 2 aromatic rings. The Morgan fingerprint density at radius 3 is 2.13 bits per heavy atom. The molecule has 2 aliphatic heterocycles. The molecule has 0 unspecified atom stereocenters. The molecule has 4 heterocycles. The molecule has 0 bridgehead atoms. The first kappa shape index (κ1) is 15.8. The summed E-state index contributed by atoms with van der Waals surface area (Å²) in [6.07, 6.45) is 5.63. The summed E-state index contributed by atoms with van der Waals surface area (Å²) in [6, 6.07) is 6.73. The summed E-state index contributed by atoms with van der Waals surface area (Å²) in [5.41, 5.74) is 2.15. The van der Waals surface area contributed by atoms with E-state index >= 15 is 0 Å². The average Bonchev–Trinajstić information content (AvgIpc) is 3.26. The molecule has 2 saturated heterocycles. The summed E-state index contributed by atoms with van der Waals surface area (Å²) < 4.78 is 0. The third-order valence-corrected chi connectivity index (χ3v) is 7.37. The van der Waals surface area contributed by atoms with E-state index in [9.17, 15) is 0 Å². The van der Waals surface area contributed by atoms with Gasteiger partial charge in [-0.05, 0) is 91.1 Å². The largest absolute Gasteiger partial charge is 0.299 e. The first-order chi connectivity index (χ1) is 11.3. The molecule has 124 valence electrons. The molecule has 0 aliphatic carbocycles. The van der Waals surface area contributed by atoms with Crippen LogP contribution >= 0.6 is 22.7 Å². The van der Waals surface area contributed by atoms with E-state index in [0.29, 0.717) is 5.41 Å². The third kappa shape index (κ3) is 3.87. The number of hydrogen-bond acceptors (Lipinski definition) is 4. The molecule has 0 radical (unpaired) electrons. The van der Waals surface area contributed by atoms with Crippen molar-refractivity contribution in [3.63, 3.8) is 0 Å². The van der Waals surface area contributed by atoms with Gasteiger partial charge in [-0.25, -0.2) is 0 Å². The Labute approximate surface area is 147 Å². The van der Waals surface area contributed by atoms with Gasteiger partial charge in [-0.1, -0.05) is 6.07 Å². The fourth-order valence-corrected chi connectivity index (χ4v) is 5.54. The van der Waals surface area contributed by atoms with Gasteiger partial charge in [-0.3, -0.25) is 9.80 Å². The van der Waals surface area contributed by atoms with Gasteiger partial charge in [0.05, 0.1) is 0 Å². The van der Waals surface area contributed by atoms with Gasteiger partial charge in [0.1, 0.15) is 0 Å². The minimum absolute atomic E-state index is 0.650. The van der Waals surface area contributed by atoms with Gasteiger partial charge in [0.15, 0.2) is 0 Å². The highest BCUT2D eigenvalue weighted by atomic mass is 32.1. The Balaban J connectivity index is 1.25. The van der Waals surface area contributed by atoms with Crippen LogP contribution in [0.3, 0.4) is 0 Å². The SMILES string of the molecule is c1csc(CN2CCC3(CCN(Cc4ccsc4)CC3)CC2)c1. The second kappa shape index (κ2) is 7.06. The van der Waals surface area contributed by atoms with Crippen LogP contribution < -0.4 is 0 Å². The minimum Gasteiger partial charge on any atom is -0.299 e. The molecule has 4 heteroatoms. The minimum atomic E-state index is 0.650. The highest BCUT2D eigenvalue weighted by Gasteiger charge is 2.37. The first-order valence-electron chi connectivity index (χ1n) is 8.80. The van der Waals surface area contributed by atoms with Crippen LogP contribution in [0.25, 0.3) is 0 Å². The van der Waals surface area contributed by atoms with E-state index in [1.54, 1.807) is 0 Å². The van der Waals surface area contributed by atoms with Crippen LogP contribution in [0.4, 0.5) is 0 Å². The van der Waals surface area contributed by atoms with Crippen molar-refractivity contribution in [3.05, 3.63) is 44.8 Å². The van der Waals surface area contributed by atoms with E-state index in [2.05, 4.69) is 44.1 Å². The Kier molecular flexibility index (Phi) is 4.86. The van der Waals surface area contributed by atoms with Gasteiger partial charge in [0, 0.05) is 18.0 Å². The maximum atomic E-state index is 2.66. The topological polar surface area (TPSA) is 6.48 Å². The molecule has 2 fully saturated rings. The van der Waals surface area contributed by atoms with Crippen molar-refractivity contribution < 1.29 is 0 Å². The highest BCUT2D eigenvalue weighted by Crippen LogP contribution is 2.41. The molecule has 2 aromatic heterocycles. The predicted octanol–water partition coefficient (Wildman–Crippen LogP) is 4.69. The molecule has 0 N–H and O–H groups in total. The van der Waals surface area contributed by atoms with Gasteiger partial charge in [-0.15, -0.1) is 11.3 Å². The van der Waals surface area contributed by atoms with Crippen LogP contribution in [0.5, 0.6) is 0 Å². The van der Waals surface area contributed by atoms with Crippen molar-refractivity contribution in [1.29, 1.82) is 0 Å². The second-order valence-electron chi connectivity index (χ2n) is 7.26. The zero-order chi connectivity index (χ0) is 15.5. The first-order valence-corrected chi connectivity index (χ1v) is 10.6. The van der Waals surface area contributed by atoms with E-state index in [1.807, 2.05) is 22.7 Å². The quantitative estimate of drug-likeness (QED) is 0.792. The number of likely N-dealkylation sites (tertiary alicyclic amines) is 2. The lowest BCUT2D eigenvalue weighted by molar-refractivity contribution is 0.0303. The van der Waals surface area contributed by atoms with E-state index in [1.165, 1.54) is 62.3 Å². The Bertz CT molecular complexity index is 517. The molecule has 23 heavy (non-hydrogen) atoms. The van der Waals surface area contributed by atoms with Crippen molar-refractivity contribution in [2.75, 3.05) is 26.2 Å². The molecular weight excluding hydrogens is 320 g/mol. The van der Waals surface area contributed by atoms with Crippen LogP contribution in [-0.2, 0) is 13.1 Å². The molecule has 2 aliphatic rings. The van der Waals surface area contributed by atoms with Crippen LogP contribution in [0.1, 0.15) is 36.1 Å².